The van der Waals surface area contributed by atoms with Gasteiger partial charge >= 0.3 is 0 Å². The topological polar surface area (TPSA) is 58.9 Å². The smallest absolute Gasteiger partial charge is 0.218 e. The monoisotopic (exact) mass is 312 g/mol. The molecule has 3 N–H and O–H groups in total. The Morgan fingerprint density at radius 1 is 1.18 bits per heavy atom. The molecule has 3 aromatic rings. The molecule has 1 atom stereocenters. The highest BCUT2D eigenvalue weighted by atomic mass is 35.5. The van der Waals surface area contributed by atoms with Crippen LogP contribution in [0.25, 0.3) is 10.9 Å². The predicted octanol–water partition coefficient (Wildman–Crippen LogP) is 4.00. The number of nitrogens with two attached hydrogens (primary N) is 1. The van der Waals surface area contributed by atoms with Crippen molar-refractivity contribution in [3.05, 3.63) is 70.9 Å². The summed E-state index contributed by atoms with van der Waals surface area (Å²) in [4.78, 5) is 14.8. The minimum Gasteiger partial charge on any atom is -0.370 e. The van der Waals surface area contributed by atoms with E-state index in [0.29, 0.717) is 5.02 Å². The second-order valence-corrected chi connectivity index (χ2v) is 6.20. The van der Waals surface area contributed by atoms with E-state index in [4.69, 9.17) is 17.3 Å². The summed E-state index contributed by atoms with van der Waals surface area (Å²) in [7, 11) is 0. The molecule has 3 nitrogen and oxygen atoms in total. The van der Waals surface area contributed by atoms with Crippen molar-refractivity contribution >= 4 is 28.4 Å². The molecule has 3 rings (SSSR count). The first-order valence-electron chi connectivity index (χ1n) is 7.11. The Balaban J connectivity index is 2.18. The molecule has 4 heteroatoms. The lowest BCUT2D eigenvalue weighted by Crippen LogP contribution is -2.30. The third kappa shape index (κ3) is 2.60. The molecule has 0 saturated heterocycles. The quantitative estimate of drug-likeness (QED) is 0.751. The van der Waals surface area contributed by atoms with Crippen LogP contribution < -0.4 is 5.73 Å². The lowest BCUT2D eigenvalue weighted by molar-refractivity contribution is -0.118. The number of amides is 1. The van der Waals surface area contributed by atoms with E-state index in [-0.39, 0.29) is 12.3 Å². The highest BCUT2D eigenvalue weighted by Gasteiger charge is 2.31. The van der Waals surface area contributed by atoms with Crippen LogP contribution >= 0.6 is 11.6 Å². The normalized spacial score (nSPS) is 13.9. The van der Waals surface area contributed by atoms with Crippen LogP contribution in [0, 0.1) is 0 Å². The number of aromatic amines is 1. The number of benzene rings is 2. The second kappa shape index (κ2) is 5.50. The van der Waals surface area contributed by atoms with Gasteiger partial charge in [-0.15, -0.1) is 0 Å². The van der Waals surface area contributed by atoms with Crippen molar-refractivity contribution in [2.24, 2.45) is 5.73 Å². The van der Waals surface area contributed by atoms with E-state index in [1.165, 1.54) is 0 Å². The first kappa shape index (κ1) is 14.7. The predicted molar refractivity (Wildman–Crippen MR) is 90.0 cm³/mol. The van der Waals surface area contributed by atoms with Gasteiger partial charge in [0.15, 0.2) is 0 Å². The van der Waals surface area contributed by atoms with Crippen molar-refractivity contribution in [3.63, 3.8) is 0 Å². The van der Waals surface area contributed by atoms with Gasteiger partial charge in [0.1, 0.15) is 0 Å². The summed E-state index contributed by atoms with van der Waals surface area (Å²) in [5.41, 5.74) is 8.03. The van der Waals surface area contributed by atoms with Gasteiger partial charge in [0.2, 0.25) is 5.91 Å². The largest absolute Gasteiger partial charge is 0.370 e. The molecule has 1 amide bonds. The van der Waals surface area contributed by atoms with Crippen LogP contribution in [0.1, 0.15) is 24.5 Å². The number of primary amides is 1. The maximum absolute atomic E-state index is 11.6. The van der Waals surface area contributed by atoms with E-state index < -0.39 is 5.41 Å². The molecule has 112 valence electrons. The zero-order valence-electron chi connectivity index (χ0n) is 12.3. The minimum atomic E-state index is -0.518. The van der Waals surface area contributed by atoms with Crippen molar-refractivity contribution in [2.45, 2.75) is 18.8 Å². The molecule has 2 aromatic carbocycles. The van der Waals surface area contributed by atoms with Crippen molar-refractivity contribution < 1.29 is 4.79 Å². The number of aromatic nitrogens is 1. The summed E-state index contributed by atoms with van der Waals surface area (Å²) in [6.45, 7) is 2.02. The van der Waals surface area contributed by atoms with Crippen LogP contribution in [0.2, 0.25) is 5.02 Å². The molecule has 1 heterocycles. The third-order valence-corrected chi connectivity index (χ3v) is 4.42. The first-order valence-corrected chi connectivity index (χ1v) is 7.49. The summed E-state index contributed by atoms with van der Waals surface area (Å²) >= 11 is 6.13. The van der Waals surface area contributed by atoms with Crippen LogP contribution in [0.15, 0.2) is 54.7 Å². The minimum absolute atomic E-state index is 0.222. The maximum Gasteiger partial charge on any atom is 0.218 e. The molecular weight excluding hydrogens is 296 g/mol. The Morgan fingerprint density at radius 2 is 1.95 bits per heavy atom. The van der Waals surface area contributed by atoms with Crippen molar-refractivity contribution in [1.82, 2.24) is 4.98 Å². The fourth-order valence-electron chi connectivity index (χ4n) is 2.94. The molecule has 1 aromatic heterocycles. The lowest BCUT2D eigenvalue weighted by atomic mass is 9.73. The summed E-state index contributed by atoms with van der Waals surface area (Å²) < 4.78 is 0. The van der Waals surface area contributed by atoms with Gasteiger partial charge < -0.3 is 10.7 Å². The van der Waals surface area contributed by atoms with E-state index in [2.05, 4.69) is 11.1 Å². The number of nitrogens with one attached hydrogen (secondary N) is 1. The van der Waals surface area contributed by atoms with Gasteiger partial charge in [-0.3, -0.25) is 4.79 Å². The van der Waals surface area contributed by atoms with E-state index >= 15 is 0 Å². The van der Waals surface area contributed by atoms with Crippen molar-refractivity contribution in [3.8, 4) is 0 Å². The molecule has 0 bridgehead atoms. The lowest BCUT2D eigenvalue weighted by Gasteiger charge is -2.30. The molecule has 0 aliphatic carbocycles. The average molecular weight is 313 g/mol. The molecule has 1 unspecified atom stereocenters. The van der Waals surface area contributed by atoms with Gasteiger partial charge in [-0.2, -0.15) is 0 Å². The van der Waals surface area contributed by atoms with Crippen LogP contribution in [-0.4, -0.2) is 10.9 Å². The SMILES string of the molecule is CC(CC(N)=O)(c1cccc(Cl)c1)c1ccc2cc[nH]c2c1. The van der Waals surface area contributed by atoms with Crippen molar-refractivity contribution in [2.75, 3.05) is 0 Å². The fraction of sp³-hybridized carbons (Fsp3) is 0.167. The number of halogens is 1. The van der Waals surface area contributed by atoms with Gasteiger partial charge in [0, 0.05) is 28.6 Å². The number of rotatable bonds is 4. The first-order chi connectivity index (χ1) is 10.5. The molecular formula is C18H17ClN2O. The van der Waals surface area contributed by atoms with Crippen LogP contribution in [0.4, 0.5) is 0 Å². The Labute approximate surface area is 134 Å². The highest BCUT2D eigenvalue weighted by molar-refractivity contribution is 6.30. The van der Waals surface area contributed by atoms with Crippen LogP contribution in [0.5, 0.6) is 0 Å². The van der Waals surface area contributed by atoms with E-state index in [9.17, 15) is 4.79 Å². The number of fused-ring (bicyclic) bond motifs is 1. The fourth-order valence-corrected chi connectivity index (χ4v) is 3.13. The summed E-state index contributed by atoms with van der Waals surface area (Å²) in [5, 5.41) is 1.78. The van der Waals surface area contributed by atoms with Gasteiger partial charge in [-0.1, -0.05) is 42.8 Å². The Bertz CT molecular complexity index is 840. The number of hydrogen-bond acceptors (Lipinski definition) is 1. The van der Waals surface area contributed by atoms with Gasteiger partial charge in [-0.25, -0.2) is 0 Å². The van der Waals surface area contributed by atoms with E-state index in [0.717, 1.165) is 22.0 Å². The summed E-state index contributed by atoms with van der Waals surface area (Å²) in [6.07, 6.45) is 2.12. The number of carbonyl (C=O) groups is 1. The maximum atomic E-state index is 11.6. The molecule has 0 aliphatic heterocycles. The van der Waals surface area contributed by atoms with Gasteiger partial charge in [-0.05, 0) is 40.8 Å². The standard InChI is InChI=1S/C18H17ClN2O/c1-18(11-17(20)22,13-3-2-4-15(19)9-13)14-6-5-12-7-8-21-16(12)10-14/h2-10,21H,11H2,1H3,(H2,20,22). The van der Waals surface area contributed by atoms with Crippen LogP contribution in [-0.2, 0) is 10.2 Å². The van der Waals surface area contributed by atoms with E-state index in [1.807, 2.05) is 55.6 Å². The molecule has 22 heavy (non-hydrogen) atoms. The van der Waals surface area contributed by atoms with Crippen LogP contribution in [0.3, 0.4) is 0 Å². The Hall–Kier alpha value is -2.26. The Morgan fingerprint density at radius 3 is 2.68 bits per heavy atom. The zero-order valence-corrected chi connectivity index (χ0v) is 13.0. The van der Waals surface area contributed by atoms with Crippen molar-refractivity contribution in [1.29, 1.82) is 0 Å². The van der Waals surface area contributed by atoms with Gasteiger partial charge in [0.05, 0.1) is 0 Å². The summed E-state index contributed by atoms with van der Waals surface area (Å²) in [6, 6.07) is 15.8. The number of H-pyrrole nitrogens is 1. The molecule has 0 radical (unpaired) electrons. The zero-order chi connectivity index (χ0) is 15.7. The second-order valence-electron chi connectivity index (χ2n) is 5.77. The molecule has 0 spiro atoms. The van der Waals surface area contributed by atoms with Gasteiger partial charge in [0.25, 0.3) is 0 Å². The molecule has 0 fully saturated rings. The average Bonchev–Trinajstić information content (AvgIpc) is 2.93. The highest BCUT2D eigenvalue weighted by Crippen LogP contribution is 2.37. The number of carbonyl (C=O) groups excluding carboxylic acids is 1. The Kier molecular flexibility index (Phi) is 3.67. The molecule has 0 saturated carbocycles. The molecule has 0 aliphatic rings. The number of hydrogen-bond donors (Lipinski definition) is 2. The summed E-state index contributed by atoms with van der Waals surface area (Å²) in [5.74, 6) is -0.339. The van der Waals surface area contributed by atoms with E-state index in [1.54, 1.807) is 0 Å². The third-order valence-electron chi connectivity index (χ3n) is 4.18.